The summed E-state index contributed by atoms with van der Waals surface area (Å²) in [5, 5.41) is 0. The van der Waals surface area contributed by atoms with E-state index in [2.05, 4.69) is 0 Å². The lowest BCUT2D eigenvalue weighted by Gasteiger charge is -2.17. The van der Waals surface area contributed by atoms with Crippen LogP contribution in [0.15, 0.2) is 0 Å². The van der Waals surface area contributed by atoms with Crippen molar-refractivity contribution in [3.63, 3.8) is 0 Å². The quantitative estimate of drug-likeness (QED) is 0.324. The fraction of sp³-hybridized carbons (Fsp3) is 1.00. The fourth-order valence-electron chi connectivity index (χ4n) is 0.899. The molecule has 16 heavy (non-hydrogen) atoms. The van der Waals surface area contributed by atoms with Crippen molar-refractivity contribution in [3.8, 4) is 0 Å². The Bertz CT molecular complexity index is 187. The molecule has 0 aliphatic carbocycles. The molecule has 0 aromatic carbocycles. The maximum absolute atomic E-state index is 12.0. The highest BCUT2D eigenvalue weighted by Crippen LogP contribution is 2.49. The summed E-state index contributed by atoms with van der Waals surface area (Å²) in [7, 11) is -3.38. The molecule has 0 saturated carbocycles. The van der Waals surface area contributed by atoms with Gasteiger partial charge in [-0.15, -0.1) is 11.6 Å². The average molecular weight is 273 g/mol. The molecule has 0 aromatic rings. The molecule has 0 rings (SSSR count). The second kappa shape index (κ2) is 10.5. The number of halogens is 1. The van der Waals surface area contributed by atoms with Gasteiger partial charge in [0.2, 0.25) is 0 Å². The van der Waals surface area contributed by atoms with Gasteiger partial charge in [0, 0.05) is 5.88 Å². The van der Waals surface area contributed by atoms with Crippen LogP contribution in [0, 0.1) is 0 Å². The van der Waals surface area contributed by atoms with E-state index in [-0.39, 0.29) is 12.5 Å². The van der Waals surface area contributed by atoms with Crippen molar-refractivity contribution < 1.29 is 18.1 Å². The summed E-state index contributed by atoms with van der Waals surface area (Å²) >= 11 is 5.47. The first kappa shape index (κ1) is 16.4. The predicted octanol–water partition coefficient (Wildman–Crippen LogP) is 3.98. The van der Waals surface area contributed by atoms with Crippen molar-refractivity contribution >= 4 is 19.4 Å². The van der Waals surface area contributed by atoms with Gasteiger partial charge in [-0.1, -0.05) is 26.7 Å². The van der Waals surface area contributed by atoms with E-state index >= 15 is 0 Å². The average Bonchev–Trinajstić information content (AvgIpc) is 2.27. The van der Waals surface area contributed by atoms with Crippen LogP contribution in [0.5, 0.6) is 0 Å². The van der Waals surface area contributed by atoms with Gasteiger partial charge in [-0.05, 0) is 12.8 Å². The lowest BCUT2D eigenvalue weighted by molar-refractivity contribution is 0.115. The minimum atomic E-state index is -3.38. The Hall–Kier alpha value is 0.400. The van der Waals surface area contributed by atoms with E-state index in [0.29, 0.717) is 13.2 Å². The lowest BCUT2D eigenvalue weighted by Crippen LogP contribution is -2.04. The van der Waals surface area contributed by atoms with Gasteiger partial charge in [-0.2, -0.15) is 0 Å². The van der Waals surface area contributed by atoms with Crippen LogP contribution in [-0.4, -0.2) is 25.7 Å². The van der Waals surface area contributed by atoms with Crippen LogP contribution in [0.25, 0.3) is 0 Å². The van der Waals surface area contributed by atoms with E-state index in [1.54, 1.807) is 0 Å². The third-order valence-corrected chi connectivity index (χ3v) is 3.47. The number of rotatable bonds is 11. The van der Waals surface area contributed by atoms with Gasteiger partial charge >= 0.3 is 7.82 Å². The summed E-state index contributed by atoms with van der Waals surface area (Å²) in [5.74, 6) is 0.276. The first-order chi connectivity index (χ1) is 7.68. The summed E-state index contributed by atoms with van der Waals surface area (Å²) in [6.07, 6.45) is 3.63. The predicted molar refractivity (Wildman–Crippen MR) is 66.0 cm³/mol. The van der Waals surface area contributed by atoms with Crippen LogP contribution >= 0.6 is 19.4 Å². The Morgan fingerprint density at radius 2 is 1.38 bits per heavy atom. The zero-order chi connectivity index (χ0) is 12.3. The Labute approximate surface area is 103 Å². The molecule has 0 atom stereocenters. The van der Waals surface area contributed by atoms with Gasteiger partial charge in [-0.3, -0.25) is 13.6 Å². The molecule has 0 aromatic heterocycles. The van der Waals surface area contributed by atoms with Gasteiger partial charge < -0.3 is 0 Å². The summed E-state index contributed by atoms with van der Waals surface area (Å²) < 4.78 is 27.4. The second-order valence-corrected chi connectivity index (χ2v) is 5.39. The highest BCUT2D eigenvalue weighted by atomic mass is 35.5. The van der Waals surface area contributed by atoms with Gasteiger partial charge in [0.1, 0.15) is 0 Å². The molecular formula is C10H22ClO4P. The van der Waals surface area contributed by atoms with E-state index in [9.17, 15) is 4.57 Å². The van der Waals surface area contributed by atoms with Crippen molar-refractivity contribution in [3.05, 3.63) is 0 Å². The monoisotopic (exact) mass is 272 g/mol. The molecule has 0 fully saturated rings. The van der Waals surface area contributed by atoms with Gasteiger partial charge in [0.05, 0.1) is 19.8 Å². The molecule has 98 valence electrons. The Morgan fingerprint density at radius 3 is 1.75 bits per heavy atom. The highest BCUT2D eigenvalue weighted by molar-refractivity contribution is 7.48. The molecule has 0 aliphatic rings. The summed E-state index contributed by atoms with van der Waals surface area (Å²) in [4.78, 5) is 0. The van der Waals surface area contributed by atoms with E-state index in [1.807, 2.05) is 13.8 Å². The van der Waals surface area contributed by atoms with E-state index in [1.165, 1.54) is 0 Å². The molecule has 0 spiro atoms. The normalized spacial score (nSPS) is 11.9. The molecule has 0 N–H and O–H groups in total. The zero-order valence-electron chi connectivity index (χ0n) is 10.1. The SMILES string of the molecule is CCCCOP(=O)(OCCCl)OCCCC. The van der Waals surface area contributed by atoms with Crippen molar-refractivity contribution in [2.75, 3.05) is 25.7 Å². The third-order valence-electron chi connectivity index (χ3n) is 1.82. The number of phosphoric ester groups is 1. The van der Waals surface area contributed by atoms with Crippen LogP contribution < -0.4 is 0 Å². The molecule has 0 aliphatic heterocycles. The number of phosphoric acid groups is 1. The van der Waals surface area contributed by atoms with Crippen molar-refractivity contribution in [2.45, 2.75) is 39.5 Å². The van der Waals surface area contributed by atoms with E-state index < -0.39 is 7.82 Å². The standard InChI is InChI=1S/C10H22ClO4P/c1-3-5-8-13-16(12,15-10-7-11)14-9-6-4-2/h3-10H2,1-2H3. The first-order valence-corrected chi connectivity index (χ1v) is 7.77. The maximum Gasteiger partial charge on any atom is 0.474 e. The van der Waals surface area contributed by atoms with Crippen LogP contribution in [0.4, 0.5) is 0 Å². The van der Waals surface area contributed by atoms with E-state index in [4.69, 9.17) is 25.2 Å². The zero-order valence-corrected chi connectivity index (χ0v) is 11.8. The van der Waals surface area contributed by atoms with Crippen LogP contribution in [0.3, 0.4) is 0 Å². The second-order valence-electron chi connectivity index (χ2n) is 3.34. The topological polar surface area (TPSA) is 44.8 Å². The fourth-order valence-corrected chi connectivity index (χ4v) is 2.33. The number of hydrogen-bond acceptors (Lipinski definition) is 4. The van der Waals surface area contributed by atoms with Gasteiger partial charge in [-0.25, -0.2) is 4.57 Å². The molecule has 6 heteroatoms. The molecule has 0 radical (unpaired) electrons. The minimum absolute atomic E-state index is 0.178. The van der Waals surface area contributed by atoms with Gasteiger partial charge in [0.15, 0.2) is 0 Å². The van der Waals surface area contributed by atoms with Crippen molar-refractivity contribution in [2.24, 2.45) is 0 Å². The molecule has 0 saturated heterocycles. The van der Waals surface area contributed by atoms with Crippen molar-refractivity contribution in [1.82, 2.24) is 0 Å². The molecular weight excluding hydrogens is 251 g/mol. The summed E-state index contributed by atoms with van der Waals surface area (Å²) in [6, 6.07) is 0. The smallest absolute Gasteiger partial charge is 0.287 e. The third kappa shape index (κ3) is 8.54. The molecule has 0 amide bonds. The van der Waals surface area contributed by atoms with Crippen molar-refractivity contribution in [1.29, 1.82) is 0 Å². The summed E-state index contributed by atoms with van der Waals surface area (Å²) in [5.41, 5.74) is 0. The Balaban J connectivity index is 3.97. The minimum Gasteiger partial charge on any atom is -0.287 e. The van der Waals surface area contributed by atoms with Gasteiger partial charge in [0.25, 0.3) is 0 Å². The molecule has 0 bridgehead atoms. The number of hydrogen-bond donors (Lipinski definition) is 0. The maximum atomic E-state index is 12.0. The lowest BCUT2D eigenvalue weighted by atomic mass is 10.4. The number of unbranched alkanes of at least 4 members (excludes halogenated alkanes) is 2. The first-order valence-electron chi connectivity index (χ1n) is 5.78. The number of alkyl halides is 1. The largest absolute Gasteiger partial charge is 0.474 e. The van der Waals surface area contributed by atoms with Crippen LogP contribution in [0.1, 0.15) is 39.5 Å². The van der Waals surface area contributed by atoms with Crippen LogP contribution in [-0.2, 0) is 18.1 Å². The Kier molecular flexibility index (Phi) is 10.8. The highest BCUT2D eigenvalue weighted by Gasteiger charge is 2.25. The summed E-state index contributed by atoms with van der Waals surface area (Å²) in [6.45, 7) is 5.03. The molecule has 0 unspecified atom stereocenters. The van der Waals surface area contributed by atoms with E-state index in [0.717, 1.165) is 25.7 Å². The Morgan fingerprint density at radius 1 is 0.938 bits per heavy atom. The van der Waals surface area contributed by atoms with Crippen LogP contribution in [0.2, 0.25) is 0 Å². The molecule has 0 heterocycles. The molecule has 4 nitrogen and oxygen atoms in total.